The molecule has 28 heavy (non-hydrogen) atoms. The molecule has 2 heterocycles. The van der Waals surface area contributed by atoms with E-state index in [9.17, 15) is 9.18 Å². The summed E-state index contributed by atoms with van der Waals surface area (Å²) in [5.74, 6) is -0.365. The number of halogens is 1. The smallest absolute Gasteiger partial charge is 0.234 e. The molecule has 0 atom stereocenters. The van der Waals surface area contributed by atoms with Crippen molar-refractivity contribution in [2.75, 3.05) is 11.1 Å². The summed E-state index contributed by atoms with van der Waals surface area (Å²) < 4.78 is 14.8. The van der Waals surface area contributed by atoms with Crippen molar-refractivity contribution in [1.82, 2.24) is 19.7 Å². The van der Waals surface area contributed by atoms with Crippen LogP contribution < -0.4 is 5.32 Å². The van der Waals surface area contributed by atoms with E-state index in [0.29, 0.717) is 17.3 Å². The molecule has 0 saturated carbocycles. The molecule has 1 amide bonds. The van der Waals surface area contributed by atoms with Crippen LogP contribution in [0.25, 0.3) is 11.0 Å². The fraction of sp³-hybridized carbons (Fsp3) is 0.100. The van der Waals surface area contributed by atoms with Gasteiger partial charge in [0.15, 0.2) is 5.65 Å². The van der Waals surface area contributed by atoms with Gasteiger partial charge in [0, 0.05) is 5.69 Å². The topological polar surface area (TPSA) is 72.7 Å². The second kappa shape index (κ2) is 8.18. The number of amides is 1. The number of benzene rings is 2. The normalized spacial score (nSPS) is 10.9. The SMILES string of the molecule is O=C(CSc1ncnc2c1cnn2Cc1ccccc1)Nc1ccc(F)cc1. The van der Waals surface area contributed by atoms with Crippen LogP contribution in [0.3, 0.4) is 0 Å². The molecule has 0 aliphatic heterocycles. The van der Waals surface area contributed by atoms with E-state index in [1.165, 1.54) is 42.4 Å². The number of thioether (sulfide) groups is 1. The van der Waals surface area contributed by atoms with Gasteiger partial charge in [-0.05, 0) is 29.8 Å². The summed E-state index contributed by atoms with van der Waals surface area (Å²) >= 11 is 1.31. The number of carbonyl (C=O) groups excluding carboxylic acids is 1. The number of hydrogen-bond donors (Lipinski definition) is 1. The predicted octanol–water partition coefficient (Wildman–Crippen LogP) is 3.74. The maximum Gasteiger partial charge on any atom is 0.234 e. The molecule has 4 aromatic rings. The summed E-state index contributed by atoms with van der Waals surface area (Å²) in [4.78, 5) is 20.8. The molecule has 4 rings (SSSR count). The quantitative estimate of drug-likeness (QED) is 0.399. The molecule has 8 heteroatoms. The molecule has 0 aliphatic rings. The van der Waals surface area contributed by atoms with Crippen molar-refractivity contribution in [2.24, 2.45) is 0 Å². The van der Waals surface area contributed by atoms with E-state index in [-0.39, 0.29) is 17.5 Å². The van der Waals surface area contributed by atoms with Crippen LogP contribution in [0.15, 0.2) is 72.1 Å². The first-order chi connectivity index (χ1) is 13.7. The number of carbonyl (C=O) groups is 1. The predicted molar refractivity (Wildman–Crippen MR) is 107 cm³/mol. The minimum absolute atomic E-state index is 0.174. The Balaban J connectivity index is 1.45. The van der Waals surface area contributed by atoms with E-state index >= 15 is 0 Å². The summed E-state index contributed by atoms with van der Waals surface area (Å²) in [5, 5.41) is 8.65. The third-order valence-corrected chi connectivity index (χ3v) is 5.05. The van der Waals surface area contributed by atoms with Crippen molar-refractivity contribution in [1.29, 1.82) is 0 Å². The fourth-order valence-corrected chi connectivity index (χ4v) is 3.48. The number of fused-ring (bicyclic) bond motifs is 1. The third-order valence-electron chi connectivity index (χ3n) is 4.04. The van der Waals surface area contributed by atoms with Gasteiger partial charge in [-0.25, -0.2) is 19.0 Å². The van der Waals surface area contributed by atoms with Crippen molar-refractivity contribution in [3.05, 3.63) is 78.5 Å². The average molecular weight is 393 g/mol. The van der Waals surface area contributed by atoms with E-state index < -0.39 is 0 Å². The van der Waals surface area contributed by atoms with Crippen LogP contribution in [0.5, 0.6) is 0 Å². The Hall–Kier alpha value is -3.26. The van der Waals surface area contributed by atoms with E-state index in [1.54, 1.807) is 6.20 Å². The Morgan fingerprint density at radius 3 is 2.64 bits per heavy atom. The van der Waals surface area contributed by atoms with Crippen LogP contribution in [0.1, 0.15) is 5.56 Å². The van der Waals surface area contributed by atoms with Crippen LogP contribution in [-0.4, -0.2) is 31.4 Å². The lowest BCUT2D eigenvalue weighted by Gasteiger charge is -2.06. The highest BCUT2D eigenvalue weighted by molar-refractivity contribution is 8.00. The molecule has 0 radical (unpaired) electrons. The first-order valence-electron chi connectivity index (χ1n) is 8.58. The van der Waals surface area contributed by atoms with Gasteiger partial charge in [-0.2, -0.15) is 5.10 Å². The minimum Gasteiger partial charge on any atom is -0.325 e. The van der Waals surface area contributed by atoms with E-state index in [4.69, 9.17) is 0 Å². The molecular weight excluding hydrogens is 377 g/mol. The van der Waals surface area contributed by atoms with Crippen LogP contribution in [0.2, 0.25) is 0 Å². The third kappa shape index (κ3) is 4.17. The summed E-state index contributed by atoms with van der Waals surface area (Å²) in [6.07, 6.45) is 3.20. The Morgan fingerprint density at radius 2 is 1.86 bits per heavy atom. The summed E-state index contributed by atoms with van der Waals surface area (Å²) in [6.45, 7) is 0.608. The van der Waals surface area contributed by atoms with Gasteiger partial charge in [0.1, 0.15) is 17.2 Å². The molecule has 0 unspecified atom stereocenters. The highest BCUT2D eigenvalue weighted by Crippen LogP contribution is 2.24. The zero-order valence-corrected chi connectivity index (χ0v) is 15.6. The molecule has 140 valence electrons. The van der Waals surface area contributed by atoms with Crippen molar-refractivity contribution in [3.63, 3.8) is 0 Å². The Bertz CT molecular complexity index is 1100. The molecule has 0 saturated heterocycles. The monoisotopic (exact) mass is 393 g/mol. The first kappa shape index (κ1) is 18.1. The zero-order valence-electron chi connectivity index (χ0n) is 14.7. The maximum absolute atomic E-state index is 12.9. The molecule has 1 N–H and O–H groups in total. The van der Waals surface area contributed by atoms with Crippen molar-refractivity contribution in [3.8, 4) is 0 Å². The molecule has 6 nitrogen and oxygen atoms in total. The van der Waals surface area contributed by atoms with Gasteiger partial charge in [0.2, 0.25) is 5.91 Å². The second-order valence-electron chi connectivity index (χ2n) is 6.05. The number of nitrogens with one attached hydrogen (secondary N) is 1. The number of aromatic nitrogens is 4. The maximum atomic E-state index is 12.9. The van der Waals surface area contributed by atoms with Gasteiger partial charge >= 0.3 is 0 Å². The van der Waals surface area contributed by atoms with Crippen molar-refractivity contribution < 1.29 is 9.18 Å². The van der Waals surface area contributed by atoms with Crippen LogP contribution >= 0.6 is 11.8 Å². The highest BCUT2D eigenvalue weighted by atomic mass is 32.2. The van der Waals surface area contributed by atoms with Gasteiger partial charge in [-0.15, -0.1) is 0 Å². The average Bonchev–Trinajstić information content (AvgIpc) is 3.12. The Labute approximate surface area is 164 Å². The molecule has 0 aliphatic carbocycles. The van der Waals surface area contributed by atoms with E-state index in [1.807, 2.05) is 35.0 Å². The molecule has 0 spiro atoms. The van der Waals surface area contributed by atoms with Gasteiger partial charge < -0.3 is 5.32 Å². The molecular formula is C20H16FN5OS. The van der Waals surface area contributed by atoms with Gasteiger partial charge in [-0.1, -0.05) is 42.1 Å². The molecule has 2 aromatic carbocycles. The van der Waals surface area contributed by atoms with E-state index in [2.05, 4.69) is 20.4 Å². The number of rotatable bonds is 6. The number of anilines is 1. The van der Waals surface area contributed by atoms with Crippen molar-refractivity contribution >= 4 is 34.4 Å². The Kier molecular flexibility index (Phi) is 5.29. The van der Waals surface area contributed by atoms with Crippen LogP contribution in [0.4, 0.5) is 10.1 Å². The highest BCUT2D eigenvalue weighted by Gasteiger charge is 2.12. The molecule has 0 fully saturated rings. The van der Waals surface area contributed by atoms with Crippen LogP contribution in [-0.2, 0) is 11.3 Å². The Morgan fingerprint density at radius 1 is 1.07 bits per heavy atom. The lowest BCUT2D eigenvalue weighted by atomic mass is 10.2. The van der Waals surface area contributed by atoms with Gasteiger partial charge in [0.05, 0.1) is 23.9 Å². The summed E-state index contributed by atoms with van der Waals surface area (Å²) in [5.41, 5.74) is 2.40. The summed E-state index contributed by atoms with van der Waals surface area (Å²) in [7, 11) is 0. The number of nitrogens with zero attached hydrogens (tertiary/aromatic N) is 4. The van der Waals surface area contributed by atoms with Crippen molar-refractivity contribution in [2.45, 2.75) is 11.6 Å². The lowest BCUT2D eigenvalue weighted by molar-refractivity contribution is -0.113. The second-order valence-corrected chi connectivity index (χ2v) is 7.01. The van der Waals surface area contributed by atoms with E-state index in [0.717, 1.165) is 16.6 Å². The largest absolute Gasteiger partial charge is 0.325 e. The zero-order chi connectivity index (χ0) is 19.3. The minimum atomic E-state index is -0.344. The first-order valence-corrected chi connectivity index (χ1v) is 9.56. The molecule has 2 aromatic heterocycles. The van der Waals surface area contributed by atoms with Crippen LogP contribution in [0, 0.1) is 5.82 Å². The fourth-order valence-electron chi connectivity index (χ4n) is 2.72. The standard InChI is InChI=1S/C20H16FN5OS/c21-15-6-8-16(9-7-15)25-18(27)12-28-20-17-10-24-26(19(17)22-13-23-20)11-14-4-2-1-3-5-14/h1-10,13H,11-12H2,(H,25,27). The lowest BCUT2D eigenvalue weighted by Crippen LogP contribution is -2.14. The number of hydrogen-bond acceptors (Lipinski definition) is 5. The summed E-state index contributed by atoms with van der Waals surface area (Å²) in [6, 6.07) is 15.7. The molecule has 0 bridgehead atoms. The van der Waals surface area contributed by atoms with Gasteiger partial charge in [0.25, 0.3) is 0 Å². The van der Waals surface area contributed by atoms with Gasteiger partial charge in [-0.3, -0.25) is 4.79 Å².